The van der Waals surface area contributed by atoms with E-state index in [4.69, 9.17) is 0 Å². The summed E-state index contributed by atoms with van der Waals surface area (Å²) >= 11 is 0. The minimum Gasteiger partial charge on any atom is -0.341 e. The third-order valence-corrected chi connectivity index (χ3v) is 2.64. The molecule has 1 saturated heterocycles. The van der Waals surface area contributed by atoms with Gasteiger partial charge in [0.25, 0.3) is 0 Å². The summed E-state index contributed by atoms with van der Waals surface area (Å²) in [7, 11) is 1.52. The Hall–Kier alpha value is -0.940. The Morgan fingerprint density at radius 3 is 2.33 bits per heavy atom. The van der Waals surface area contributed by atoms with Gasteiger partial charge in [-0.2, -0.15) is 13.2 Å². The Bertz CT molecular complexity index is 222. The van der Waals surface area contributed by atoms with E-state index in [0.29, 0.717) is 25.9 Å². The number of amides is 2. The fourth-order valence-corrected chi connectivity index (χ4v) is 1.83. The number of rotatable bonds is 1. The lowest BCUT2D eigenvalue weighted by Crippen LogP contribution is -2.43. The third kappa shape index (κ3) is 3.97. The maximum atomic E-state index is 12.1. The monoisotopic (exact) mass is 224 g/mol. The zero-order valence-corrected chi connectivity index (χ0v) is 8.60. The van der Waals surface area contributed by atoms with E-state index in [-0.39, 0.29) is 11.9 Å². The Kier molecular flexibility index (Phi) is 3.82. The maximum Gasteiger partial charge on any atom is 0.389 e. The molecule has 1 N–H and O–H groups in total. The number of nitrogens with zero attached hydrogens (tertiary/aromatic N) is 1. The highest BCUT2D eigenvalue weighted by Crippen LogP contribution is 2.30. The van der Waals surface area contributed by atoms with Gasteiger partial charge in [-0.15, -0.1) is 0 Å². The van der Waals surface area contributed by atoms with Crippen LogP contribution in [-0.4, -0.2) is 37.2 Å². The van der Waals surface area contributed by atoms with Gasteiger partial charge in [0.1, 0.15) is 0 Å². The average molecular weight is 224 g/mol. The van der Waals surface area contributed by atoms with Crippen LogP contribution in [0.4, 0.5) is 18.0 Å². The van der Waals surface area contributed by atoms with Crippen LogP contribution >= 0.6 is 0 Å². The van der Waals surface area contributed by atoms with Crippen molar-refractivity contribution in [3.63, 3.8) is 0 Å². The first-order valence-electron chi connectivity index (χ1n) is 4.96. The molecule has 0 spiro atoms. The highest BCUT2D eigenvalue weighted by Gasteiger charge is 2.33. The molecule has 1 fully saturated rings. The number of alkyl halides is 3. The molecule has 0 aliphatic carbocycles. The van der Waals surface area contributed by atoms with Gasteiger partial charge in [-0.05, 0) is 18.8 Å². The van der Waals surface area contributed by atoms with E-state index in [2.05, 4.69) is 5.32 Å². The number of carbonyl (C=O) groups is 1. The zero-order chi connectivity index (χ0) is 11.5. The third-order valence-electron chi connectivity index (χ3n) is 2.64. The van der Waals surface area contributed by atoms with Gasteiger partial charge in [-0.25, -0.2) is 4.79 Å². The van der Waals surface area contributed by atoms with Crippen LogP contribution in [0.1, 0.15) is 19.3 Å². The van der Waals surface area contributed by atoms with Gasteiger partial charge in [-0.1, -0.05) is 0 Å². The molecule has 6 heteroatoms. The molecular formula is C9H15F3N2O. The number of halogens is 3. The van der Waals surface area contributed by atoms with Gasteiger partial charge in [-0.3, -0.25) is 0 Å². The molecule has 1 aliphatic heterocycles. The van der Waals surface area contributed by atoms with Gasteiger partial charge >= 0.3 is 12.2 Å². The molecule has 0 aromatic carbocycles. The van der Waals surface area contributed by atoms with Crippen LogP contribution in [0.2, 0.25) is 0 Å². The normalized spacial score (nSPS) is 19.1. The van der Waals surface area contributed by atoms with E-state index in [0.717, 1.165) is 0 Å². The molecule has 0 saturated carbocycles. The van der Waals surface area contributed by atoms with E-state index in [1.54, 1.807) is 4.90 Å². The number of nitrogens with one attached hydrogen (secondary N) is 1. The molecule has 0 aromatic heterocycles. The van der Waals surface area contributed by atoms with Crippen molar-refractivity contribution in [2.24, 2.45) is 5.92 Å². The Balaban J connectivity index is 2.33. The van der Waals surface area contributed by atoms with E-state index in [9.17, 15) is 18.0 Å². The van der Waals surface area contributed by atoms with Crippen molar-refractivity contribution < 1.29 is 18.0 Å². The van der Waals surface area contributed by atoms with Crippen LogP contribution in [0, 0.1) is 5.92 Å². The highest BCUT2D eigenvalue weighted by molar-refractivity contribution is 5.73. The molecule has 1 heterocycles. The number of hydrogen-bond acceptors (Lipinski definition) is 1. The quantitative estimate of drug-likeness (QED) is 0.725. The average Bonchev–Trinajstić information content (AvgIpc) is 2.15. The van der Waals surface area contributed by atoms with E-state index in [1.165, 1.54) is 7.05 Å². The summed E-state index contributed by atoms with van der Waals surface area (Å²) in [6.45, 7) is 0.834. The molecule has 3 nitrogen and oxygen atoms in total. The Labute approximate surface area is 86.6 Å². The van der Waals surface area contributed by atoms with Gasteiger partial charge in [0.2, 0.25) is 0 Å². The molecule has 2 amide bonds. The number of carbonyl (C=O) groups excluding carboxylic acids is 1. The molecule has 0 bridgehead atoms. The summed E-state index contributed by atoms with van der Waals surface area (Å²) in [5.74, 6) is -0.328. The van der Waals surface area contributed by atoms with E-state index < -0.39 is 12.6 Å². The fraction of sp³-hybridized carbons (Fsp3) is 0.889. The molecule has 1 aliphatic rings. The fourth-order valence-electron chi connectivity index (χ4n) is 1.83. The summed E-state index contributed by atoms with van der Waals surface area (Å²) in [5, 5.41) is 2.46. The summed E-state index contributed by atoms with van der Waals surface area (Å²) in [6.07, 6.45) is -3.94. The first kappa shape index (κ1) is 12.1. The lowest BCUT2D eigenvalue weighted by Gasteiger charge is -2.31. The molecule has 0 aromatic rings. The maximum absolute atomic E-state index is 12.1. The first-order chi connectivity index (χ1) is 6.92. The highest BCUT2D eigenvalue weighted by atomic mass is 19.4. The van der Waals surface area contributed by atoms with Crippen molar-refractivity contribution in [3.8, 4) is 0 Å². The van der Waals surface area contributed by atoms with Gasteiger partial charge in [0.15, 0.2) is 0 Å². The minimum atomic E-state index is -4.08. The second-order valence-electron chi connectivity index (χ2n) is 3.80. The largest absolute Gasteiger partial charge is 0.389 e. The number of urea groups is 1. The number of hydrogen-bond donors (Lipinski definition) is 1. The molecule has 1 rings (SSSR count). The zero-order valence-electron chi connectivity index (χ0n) is 8.60. The Morgan fingerprint density at radius 1 is 1.40 bits per heavy atom. The Morgan fingerprint density at radius 2 is 1.93 bits per heavy atom. The van der Waals surface area contributed by atoms with E-state index in [1.807, 2.05) is 0 Å². The second-order valence-corrected chi connectivity index (χ2v) is 3.80. The van der Waals surface area contributed by atoms with Gasteiger partial charge < -0.3 is 10.2 Å². The summed E-state index contributed by atoms with van der Waals surface area (Å²) in [5.41, 5.74) is 0. The molecule has 0 radical (unpaired) electrons. The number of likely N-dealkylation sites (tertiary alicyclic amines) is 1. The van der Waals surface area contributed by atoms with Crippen LogP contribution in [0.25, 0.3) is 0 Å². The molecule has 15 heavy (non-hydrogen) atoms. The lowest BCUT2D eigenvalue weighted by atomic mass is 9.93. The van der Waals surface area contributed by atoms with Gasteiger partial charge in [0.05, 0.1) is 0 Å². The van der Waals surface area contributed by atoms with Crippen molar-refractivity contribution >= 4 is 6.03 Å². The van der Waals surface area contributed by atoms with Gasteiger partial charge in [0, 0.05) is 26.6 Å². The summed E-state index contributed by atoms with van der Waals surface area (Å²) in [6, 6.07) is -0.208. The standard InChI is InChI=1S/C9H15F3N2O/c1-13-8(15)14-4-2-7(3-5-14)6-9(10,11)12/h7H,2-6H2,1H3,(H,13,15). The SMILES string of the molecule is CNC(=O)N1CCC(CC(F)(F)F)CC1. The smallest absolute Gasteiger partial charge is 0.341 e. The minimum absolute atomic E-state index is 0.208. The van der Waals surface area contributed by atoms with Crippen LogP contribution < -0.4 is 5.32 Å². The first-order valence-corrected chi connectivity index (χ1v) is 4.96. The summed E-state index contributed by atoms with van der Waals surface area (Å²) < 4.78 is 36.2. The molecular weight excluding hydrogens is 209 g/mol. The predicted molar refractivity (Wildman–Crippen MR) is 49.4 cm³/mol. The van der Waals surface area contributed by atoms with Crippen molar-refractivity contribution in [1.29, 1.82) is 0 Å². The lowest BCUT2D eigenvalue weighted by molar-refractivity contribution is -0.147. The van der Waals surface area contributed by atoms with Crippen LogP contribution in [0.3, 0.4) is 0 Å². The van der Waals surface area contributed by atoms with Crippen molar-refractivity contribution in [2.75, 3.05) is 20.1 Å². The molecule has 0 atom stereocenters. The summed E-state index contributed by atoms with van der Waals surface area (Å²) in [4.78, 5) is 12.7. The number of piperidine rings is 1. The van der Waals surface area contributed by atoms with Crippen LogP contribution in [0.15, 0.2) is 0 Å². The molecule has 88 valence electrons. The topological polar surface area (TPSA) is 32.3 Å². The van der Waals surface area contributed by atoms with Crippen LogP contribution in [0.5, 0.6) is 0 Å². The second kappa shape index (κ2) is 4.72. The van der Waals surface area contributed by atoms with E-state index >= 15 is 0 Å². The van der Waals surface area contributed by atoms with Crippen molar-refractivity contribution in [3.05, 3.63) is 0 Å². The van der Waals surface area contributed by atoms with Crippen molar-refractivity contribution in [1.82, 2.24) is 10.2 Å². The predicted octanol–water partition coefficient (Wildman–Crippen LogP) is 1.99. The van der Waals surface area contributed by atoms with Crippen LogP contribution in [-0.2, 0) is 0 Å². The molecule has 0 unspecified atom stereocenters. The van der Waals surface area contributed by atoms with Crippen molar-refractivity contribution in [2.45, 2.75) is 25.4 Å².